The Hall–Kier alpha value is -0.590. The van der Waals surface area contributed by atoms with Crippen molar-refractivity contribution in [1.82, 2.24) is 13.3 Å². The van der Waals surface area contributed by atoms with Gasteiger partial charge in [0.25, 0.3) is 0 Å². The van der Waals surface area contributed by atoms with Gasteiger partial charge in [-0.3, -0.25) is 0 Å². The number of hydrogen-bond donors (Lipinski definition) is 0. The van der Waals surface area contributed by atoms with Gasteiger partial charge in [0.05, 0.1) is 0 Å². The molecule has 0 aliphatic heterocycles. The van der Waals surface area contributed by atoms with Crippen molar-refractivity contribution >= 4 is 21.8 Å². The number of imidazole rings is 1. The molecule has 1 heterocycles. The Morgan fingerprint density at radius 3 is 2.77 bits per heavy atom. The fraction of sp³-hybridized carbons (Fsp3) is 0.500. The summed E-state index contributed by atoms with van der Waals surface area (Å²) in [5.74, 6) is 0.268. The summed E-state index contributed by atoms with van der Waals surface area (Å²) in [5, 5.41) is 0. The van der Waals surface area contributed by atoms with Gasteiger partial charge < -0.3 is 0 Å². The fourth-order valence-corrected chi connectivity index (χ4v) is 2.16. The lowest BCUT2D eigenvalue weighted by Crippen LogP contribution is -2.33. The molecule has 0 saturated heterocycles. The Balaban J connectivity index is 2.90. The van der Waals surface area contributed by atoms with E-state index < -0.39 is 10.2 Å². The first-order valence-electron chi connectivity index (χ1n) is 3.60. The molecule has 0 N–H and O–H groups in total. The Morgan fingerprint density at radius 2 is 2.31 bits per heavy atom. The Morgan fingerprint density at radius 1 is 1.62 bits per heavy atom. The molecule has 0 amide bonds. The maximum atomic E-state index is 11.6. The average Bonchev–Trinajstić information content (AvgIpc) is 2.56. The van der Waals surface area contributed by atoms with Crippen molar-refractivity contribution < 1.29 is 8.42 Å². The van der Waals surface area contributed by atoms with E-state index in [9.17, 15) is 8.42 Å². The average molecular weight is 224 g/mol. The number of aromatic nitrogens is 2. The van der Waals surface area contributed by atoms with Gasteiger partial charge in [-0.05, 0) is 0 Å². The van der Waals surface area contributed by atoms with Crippen molar-refractivity contribution in [2.75, 3.05) is 19.5 Å². The van der Waals surface area contributed by atoms with Gasteiger partial charge >= 0.3 is 10.2 Å². The third-order valence-electron chi connectivity index (χ3n) is 1.54. The lowest BCUT2D eigenvalue weighted by atomic mass is 10.8. The molecule has 0 aliphatic carbocycles. The van der Waals surface area contributed by atoms with Gasteiger partial charge in [0, 0.05) is 31.9 Å². The van der Waals surface area contributed by atoms with Crippen LogP contribution in [0.25, 0.3) is 0 Å². The standard InChI is InChI=1S/C6H10ClN3O2S/c1-9(4-2-7)13(11,12)10-5-3-8-6-10/h3,5-6H,2,4H2,1H3. The summed E-state index contributed by atoms with van der Waals surface area (Å²) in [6.07, 6.45) is 4.02. The zero-order chi connectivity index (χ0) is 9.90. The number of hydrogen-bond acceptors (Lipinski definition) is 3. The Bertz CT molecular complexity index is 348. The molecule has 7 heteroatoms. The minimum Gasteiger partial charge on any atom is -0.244 e. The van der Waals surface area contributed by atoms with E-state index in [0.29, 0.717) is 0 Å². The zero-order valence-electron chi connectivity index (χ0n) is 7.09. The zero-order valence-corrected chi connectivity index (χ0v) is 8.66. The number of rotatable bonds is 4. The topological polar surface area (TPSA) is 55.2 Å². The van der Waals surface area contributed by atoms with E-state index in [1.165, 1.54) is 30.1 Å². The van der Waals surface area contributed by atoms with Crippen LogP contribution in [0.1, 0.15) is 0 Å². The first kappa shape index (κ1) is 10.5. The summed E-state index contributed by atoms with van der Waals surface area (Å²) in [6, 6.07) is 0. The molecule has 0 spiro atoms. The van der Waals surface area contributed by atoms with Crippen LogP contribution < -0.4 is 0 Å². The summed E-state index contributed by atoms with van der Waals surface area (Å²) in [4.78, 5) is 3.66. The molecular formula is C6H10ClN3O2S. The van der Waals surface area contributed by atoms with Crippen LogP contribution in [0.3, 0.4) is 0 Å². The van der Waals surface area contributed by atoms with Crippen LogP contribution in [-0.2, 0) is 10.2 Å². The molecule has 0 aromatic carbocycles. The van der Waals surface area contributed by atoms with E-state index in [2.05, 4.69) is 4.98 Å². The SMILES string of the molecule is CN(CCCl)S(=O)(=O)n1ccnc1. The minimum absolute atomic E-state index is 0.268. The normalized spacial score (nSPS) is 12.2. The predicted octanol–water partition coefficient (Wildman–Crippen LogP) is 0.147. The molecule has 0 aliphatic rings. The molecular weight excluding hydrogens is 214 g/mol. The van der Waals surface area contributed by atoms with Gasteiger partial charge in [-0.15, -0.1) is 11.6 Å². The van der Waals surface area contributed by atoms with Crippen molar-refractivity contribution in [3.05, 3.63) is 18.7 Å². The molecule has 1 aromatic rings. The molecule has 13 heavy (non-hydrogen) atoms. The van der Waals surface area contributed by atoms with E-state index in [4.69, 9.17) is 11.6 Å². The van der Waals surface area contributed by atoms with E-state index in [1.807, 2.05) is 0 Å². The summed E-state index contributed by atoms with van der Waals surface area (Å²) < 4.78 is 25.4. The third kappa shape index (κ3) is 2.20. The van der Waals surface area contributed by atoms with Crippen molar-refractivity contribution in [2.24, 2.45) is 0 Å². The highest BCUT2D eigenvalue weighted by molar-refractivity contribution is 7.87. The van der Waals surface area contributed by atoms with Crippen molar-refractivity contribution in [2.45, 2.75) is 0 Å². The first-order valence-corrected chi connectivity index (χ1v) is 5.53. The number of alkyl halides is 1. The van der Waals surface area contributed by atoms with Gasteiger partial charge in [-0.25, -0.2) is 8.96 Å². The lowest BCUT2D eigenvalue weighted by Gasteiger charge is -2.15. The van der Waals surface area contributed by atoms with Crippen LogP contribution in [0, 0.1) is 0 Å². The minimum atomic E-state index is -3.45. The van der Waals surface area contributed by atoms with E-state index in [1.54, 1.807) is 0 Å². The van der Waals surface area contributed by atoms with Crippen LogP contribution in [0.5, 0.6) is 0 Å². The Kier molecular flexibility index (Phi) is 3.29. The summed E-state index contributed by atoms with van der Waals surface area (Å²) in [6.45, 7) is 0.280. The fourth-order valence-electron chi connectivity index (χ4n) is 0.779. The van der Waals surface area contributed by atoms with Crippen molar-refractivity contribution in [3.8, 4) is 0 Å². The third-order valence-corrected chi connectivity index (χ3v) is 3.43. The molecule has 0 atom stereocenters. The summed E-state index contributed by atoms with van der Waals surface area (Å²) in [7, 11) is -1.98. The van der Waals surface area contributed by atoms with Gasteiger partial charge in [0.2, 0.25) is 0 Å². The maximum absolute atomic E-state index is 11.6. The van der Waals surface area contributed by atoms with Crippen molar-refractivity contribution in [1.29, 1.82) is 0 Å². The molecule has 0 saturated carbocycles. The van der Waals surface area contributed by atoms with Gasteiger partial charge in [-0.1, -0.05) is 0 Å². The Labute approximate surface area is 82.1 Å². The van der Waals surface area contributed by atoms with Gasteiger partial charge in [0.1, 0.15) is 6.33 Å². The highest BCUT2D eigenvalue weighted by Gasteiger charge is 2.18. The lowest BCUT2D eigenvalue weighted by molar-refractivity contribution is 0.479. The predicted molar refractivity (Wildman–Crippen MR) is 49.9 cm³/mol. The smallest absolute Gasteiger partial charge is 0.244 e. The largest absolute Gasteiger partial charge is 0.308 e. The molecule has 1 rings (SSSR count). The van der Waals surface area contributed by atoms with Gasteiger partial charge in [0.15, 0.2) is 0 Å². The number of halogens is 1. The maximum Gasteiger partial charge on any atom is 0.308 e. The highest BCUT2D eigenvalue weighted by Crippen LogP contribution is 2.01. The molecule has 0 radical (unpaired) electrons. The number of nitrogens with zero attached hydrogens (tertiary/aromatic N) is 3. The van der Waals surface area contributed by atoms with Crippen LogP contribution >= 0.6 is 11.6 Å². The van der Waals surface area contributed by atoms with Crippen molar-refractivity contribution in [3.63, 3.8) is 0 Å². The molecule has 5 nitrogen and oxygen atoms in total. The van der Waals surface area contributed by atoms with Crippen LogP contribution in [0.4, 0.5) is 0 Å². The van der Waals surface area contributed by atoms with Crippen LogP contribution in [-0.4, -0.2) is 41.2 Å². The summed E-state index contributed by atoms with van der Waals surface area (Å²) in [5.41, 5.74) is 0. The first-order chi connectivity index (χ1) is 6.09. The quantitative estimate of drug-likeness (QED) is 0.683. The highest BCUT2D eigenvalue weighted by atomic mass is 35.5. The van der Waals surface area contributed by atoms with E-state index in [-0.39, 0.29) is 12.4 Å². The van der Waals surface area contributed by atoms with Crippen LogP contribution in [0.15, 0.2) is 18.7 Å². The second-order valence-corrected chi connectivity index (χ2v) is 4.73. The molecule has 0 fully saturated rings. The molecule has 0 unspecified atom stereocenters. The molecule has 0 bridgehead atoms. The second-order valence-electron chi connectivity index (χ2n) is 2.41. The van der Waals surface area contributed by atoms with E-state index in [0.717, 1.165) is 3.97 Å². The van der Waals surface area contributed by atoms with Crippen LogP contribution in [0.2, 0.25) is 0 Å². The summed E-state index contributed by atoms with van der Waals surface area (Å²) >= 11 is 5.43. The monoisotopic (exact) mass is 223 g/mol. The van der Waals surface area contributed by atoms with Gasteiger partial charge in [-0.2, -0.15) is 12.7 Å². The second kappa shape index (κ2) is 4.08. The molecule has 74 valence electrons. The molecule has 1 aromatic heterocycles. The van der Waals surface area contributed by atoms with E-state index >= 15 is 0 Å².